The molecule has 2 aromatic rings. The Morgan fingerprint density at radius 1 is 1.21 bits per heavy atom. The molecule has 1 fully saturated rings. The molecule has 2 aliphatic heterocycles. The van der Waals surface area contributed by atoms with Crippen LogP contribution < -0.4 is 5.32 Å². The number of likely N-dealkylation sites (tertiary alicyclic amines) is 1. The van der Waals surface area contributed by atoms with Crippen LogP contribution in [0.4, 0.5) is 0 Å². The van der Waals surface area contributed by atoms with E-state index in [1.165, 1.54) is 19.4 Å². The van der Waals surface area contributed by atoms with Gasteiger partial charge in [-0.1, -0.05) is 45.0 Å². The van der Waals surface area contributed by atoms with E-state index in [0.29, 0.717) is 24.6 Å². The number of hydrogen-bond acceptors (Lipinski definition) is 4. The smallest absolute Gasteiger partial charge is 0.254 e. The molecular weight excluding hydrogens is 430 g/mol. The Bertz CT molecular complexity index is 943. The van der Waals surface area contributed by atoms with Gasteiger partial charge >= 0.3 is 0 Å². The van der Waals surface area contributed by atoms with Crippen LogP contribution in [-0.2, 0) is 4.79 Å². The molecule has 2 aliphatic rings. The Morgan fingerprint density at radius 2 is 2.03 bits per heavy atom. The number of amides is 2. The fourth-order valence-electron chi connectivity index (χ4n) is 5.36. The van der Waals surface area contributed by atoms with Crippen LogP contribution in [0, 0.1) is 11.8 Å². The number of thiophene rings is 1. The number of rotatable bonds is 8. The monoisotopic (exact) mass is 467 g/mol. The summed E-state index contributed by atoms with van der Waals surface area (Å²) < 4.78 is 0. The van der Waals surface area contributed by atoms with Crippen LogP contribution in [-0.4, -0.2) is 54.3 Å². The predicted octanol–water partition coefficient (Wildman–Crippen LogP) is 4.92. The van der Waals surface area contributed by atoms with Crippen molar-refractivity contribution in [2.45, 2.75) is 52.0 Å². The van der Waals surface area contributed by atoms with E-state index in [-0.39, 0.29) is 17.9 Å². The number of fused-ring (bicyclic) bond motifs is 1. The SMILES string of the molecule is CC(C)CN1C(=O)c2ccccc2[C@H](C(=O)NCCCN2CCC[C@H](C)C2)[C@@H]1c1cccs1. The summed E-state index contributed by atoms with van der Waals surface area (Å²) in [6, 6.07) is 11.5. The van der Waals surface area contributed by atoms with Gasteiger partial charge in [0.1, 0.15) is 0 Å². The minimum atomic E-state index is -0.397. The Kier molecular flexibility index (Phi) is 7.86. The Labute approximate surface area is 202 Å². The number of nitrogens with zero attached hydrogens (tertiary/aromatic N) is 2. The molecule has 1 N–H and O–H groups in total. The molecule has 0 unspecified atom stereocenters. The molecule has 33 heavy (non-hydrogen) atoms. The number of piperidine rings is 1. The molecule has 4 rings (SSSR count). The van der Waals surface area contributed by atoms with Crippen LogP contribution in [0.25, 0.3) is 0 Å². The van der Waals surface area contributed by atoms with E-state index in [4.69, 9.17) is 0 Å². The molecule has 1 aromatic heterocycles. The topological polar surface area (TPSA) is 52.7 Å². The first-order chi connectivity index (χ1) is 16.0. The van der Waals surface area contributed by atoms with Crippen LogP contribution in [0.2, 0.25) is 0 Å². The van der Waals surface area contributed by atoms with Gasteiger partial charge in [0.25, 0.3) is 5.91 Å². The number of carbonyl (C=O) groups is 2. The van der Waals surface area contributed by atoms with Gasteiger partial charge in [0.2, 0.25) is 5.91 Å². The second-order valence-corrected chi connectivity index (χ2v) is 11.0. The summed E-state index contributed by atoms with van der Waals surface area (Å²) in [6.45, 7) is 11.2. The highest BCUT2D eigenvalue weighted by atomic mass is 32.1. The number of carbonyl (C=O) groups excluding carboxylic acids is 2. The van der Waals surface area contributed by atoms with Crippen LogP contribution in [0.3, 0.4) is 0 Å². The summed E-state index contributed by atoms with van der Waals surface area (Å²) in [7, 11) is 0. The quantitative estimate of drug-likeness (QED) is 0.561. The zero-order valence-electron chi connectivity index (χ0n) is 20.1. The van der Waals surface area contributed by atoms with E-state index in [2.05, 4.69) is 37.1 Å². The molecule has 1 aromatic carbocycles. The first-order valence-corrected chi connectivity index (χ1v) is 13.3. The molecule has 3 atom stereocenters. The molecule has 0 aliphatic carbocycles. The maximum Gasteiger partial charge on any atom is 0.254 e. The van der Waals surface area contributed by atoms with E-state index in [0.717, 1.165) is 35.9 Å². The third kappa shape index (κ3) is 5.49. The fourth-order valence-corrected chi connectivity index (χ4v) is 6.23. The number of benzene rings is 1. The minimum absolute atomic E-state index is 0.0223. The molecule has 0 bridgehead atoms. The second-order valence-electron chi connectivity index (χ2n) is 10.1. The predicted molar refractivity (Wildman–Crippen MR) is 135 cm³/mol. The summed E-state index contributed by atoms with van der Waals surface area (Å²) in [5.41, 5.74) is 1.51. The minimum Gasteiger partial charge on any atom is -0.355 e. The van der Waals surface area contributed by atoms with Crippen LogP contribution in [0.5, 0.6) is 0 Å². The summed E-state index contributed by atoms with van der Waals surface area (Å²) in [4.78, 5) is 32.7. The Hall–Kier alpha value is -2.18. The van der Waals surface area contributed by atoms with Gasteiger partial charge in [0.05, 0.1) is 12.0 Å². The van der Waals surface area contributed by atoms with Crippen molar-refractivity contribution in [1.82, 2.24) is 15.1 Å². The first-order valence-electron chi connectivity index (χ1n) is 12.4. The molecule has 5 nitrogen and oxygen atoms in total. The molecule has 2 amide bonds. The second kappa shape index (κ2) is 10.8. The average Bonchev–Trinajstić information content (AvgIpc) is 3.32. The lowest BCUT2D eigenvalue weighted by molar-refractivity contribution is -0.124. The zero-order valence-corrected chi connectivity index (χ0v) is 20.9. The van der Waals surface area contributed by atoms with Crippen molar-refractivity contribution in [2.24, 2.45) is 11.8 Å². The van der Waals surface area contributed by atoms with Gasteiger partial charge < -0.3 is 15.1 Å². The number of nitrogens with one attached hydrogen (secondary N) is 1. The van der Waals surface area contributed by atoms with Crippen LogP contribution >= 0.6 is 11.3 Å². The summed E-state index contributed by atoms with van der Waals surface area (Å²) in [6.07, 6.45) is 3.55. The zero-order chi connectivity index (χ0) is 23.4. The molecular formula is C27H37N3O2S. The third-order valence-electron chi connectivity index (χ3n) is 6.81. The van der Waals surface area contributed by atoms with E-state index in [9.17, 15) is 9.59 Å². The van der Waals surface area contributed by atoms with Gasteiger partial charge in [0.15, 0.2) is 0 Å². The van der Waals surface area contributed by atoms with E-state index in [1.54, 1.807) is 11.3 Å². The van der Waals surface area contributed by atoms with Gasteiger partial charge in [-0.3, -0.25) is 9.59 Å². The molecule has 6 heteroatoms. The van der Waals surface area contributed by atoms with Gasteiger partial charge in [-0.15, -0.1) is 11.3 Å². The van der Waals surface area contributed by atoms with E-state index < -0.39 is 5.92 Å². The maximum atomic E-state index is 13.6. The maximum absolute atomic E-state index is 13.6. The van der Waals surface area contributed by atoms with Crippen molar-refractivity contribution in [2.75, 3.05) is 32.7 Å². The first kappa shape index (κ1) is 24.0. The van der Waals surface area contributed by atoms with E-state index in [1.807, 2.05) is 40.6 Å². The Morgan fingerprint density at radius 3 is 2.76 bits per heavy atom. The van der Waals surface area contributed by atoms with Gasteiger partial charge in [0, 0.05) is 30.1 Å². The third-order valence-corrected chi connectivity index (χ3v) is 7.75. The van der Waals surface area contributed by atoms with Crippen molar-refractivity contribution in [3.05, 3.63) is 57.8 Å². The standard InChI is InChI=1S/C27H37N3O2S/c1-19(2)17-30-25(23-12-7-16-33-23)24(21-10-4-5-11-22(21)27(30)32)26(31)28-13-8-15-29-14-6-9-20(3)18-29/h4-5,7,10-12,16,19-20,24-25H,6,8-9,13-15,17-18H2,1-3H3,(H,28,31)/t20-,24-,25-/m0/s1. The van der Waals surface area contributed by atoms with Gasteiger partial charge in [-0.25, -0.2) is 0 Å². The number of hydrogen-bond donors (Lipinski definition) is 1. The lowest BCUT2D eigenvalue weighted by Crippen LogP contribution is -2.48. The van der Waals surface area contributed by atoms with Gasteiger partial charge in [-0.05, 0) is 67.3 Å². The fraction of sp³-hybridized carbons (Fsp3) is 0.556. The summed E-state index contributed by atoms with van der Waals surface area (Å²) >= 11 is 1.62. The summed E-state index contributed by atoms with van der Waals surface area (Å²) in [5, 5.41) is 5.26. The Balaban J connectivity index is 1.53. The lowest BCUT2D eigenvalue weighted by Gasteiger charge is -2.42. The van der Waals surface area contributed by atoms with Crippen molar-refractivity contribution in [3.8, 4) is 0 Å². The highest BCUT2D eigenvalue weighted by Gasteiger charge is 2.44. The highest BCUT2D eigenvalue weighted by Crippen LogP contribution is 2.44. The average molecular weight is 468 g/mol. The van der Waals surface area contributed by atoms with Crippen molar-refractivity contribution < 1.29 is 9.59 Å². The normalized spacial score (nSPS) is 23.6. The summed E-state index contributed by atoms with van der Waals surface area (Å²) in [5.74, 6) is 0.738. The molecule has 178 valence electrons. The van der Waals surface area contributed by atoms with Crippen molar-refractivity contribution >= 4 is 23.2 Å². The van der Waals surface area contributed by atoms with Crippen LogP contribution in [0.1, 0.15) is 72.8 Å². The van der Waals surface area contributed by atoms with Gasteiger partial charge in [-0.2, -0.15) is 0 Å². The highest BCUT2D eigenvalue weighted by molar-refractivity contribution is 7.10. The molecule has 3 heterocycles. The van der Waals surface area contributed by atoms with E-state index >= 15 is 0 Å². The molecule has 0 saturated carbocycles. The molecule has 1 saturated heterocycles. The molecule has 0 radical (unpaired) electrons. The molecule has 0 spiro atoms. The van der Waals surface area contributed by atoms with Crippen LogP contribution in [0.15, 0.2) is 41.8 Å². The van der Waals surface area contributed by atoms with Crippen molar-refractivity contribution in [1.29, 1.82) is 0 Å². The lowest BCUT2D eigenvalue weighted by atomic mass is 9.81. The van der Waals surface area contributed by atoms with Crippen molar-refractivity contribution in [3.63, 3.8) is 0 Å². The largest absolute Gasteiger partial charge is 0.355 e.